The summed E-state index contributed by atoms with van der Waals surface area (Å²) >= 11 is 0. The highest BCUT2D eigenvalue weighted by molar-refractivity contribution is 5.37. The molecule has 0 amide bonds. The van der Waals surface area contributed by atoms with Crippen molar-refractivity contribution in [3.05, 3.63) is 65.7 Å². The van der Waals surface area contributed by atoms with Gasteiger partial charge in [-0.3, -0.25) is 10.1 Å². The lowest BCUT2D eigenvalue weighted by Crippen LogP contribution is -2.51. The molecule has 2 aromatic rings. The van der Waals surface area contributed by atoms with Crippen LogP contribution in [0.15, 0.2) is 54.6 Å². The highest BCUT2D eigenvalue weighted by Gasteiger charge is 2.42. The largest absolute Gasteiger partial charge is 0.489 e. The van der Waals surface area contributed by atoms with Crippen molar-refractivity contribution in [3.63, 3.8) is 0 Å². The molecule has 176 valence electrons. The van der Waals surface area contributed by atoms with Gasteiger partial charge >= 0.3 is 0 Å². The topological polar surface area (TPSA) is 77.0 Å². The molecule has 6 heteroatoms. The number of aryl methyl sites for hydroxylation is 1. The van der Waals surface area contributed by atoms with Gasteiger partial charge in [-0.2, -0.15) is 0 Å². The van der Waals surface area contributed by atoms with Crippen molar-refractivity contribution in [2.24, 2.45) is 0 Å². The first-order valence-electron chi connectivity index (χ1n) is 11.0. The second-order valence-corrected chi connectivity index (χ2v) is 9.61. The second-order valence-electron chi connectivity index (χ2n) is 9.61. The van der Waals surface area contributed by atoms with Crippen LogP contribution in [0.3, 0.4) is 0 Å². The van der Waals surface area contributed by atoms with Crippen LogP contribution in [0.25, 0.3) is 0 Å². The summed E-state index contributed by atoms with van der Waals surface area (Å²) in [5, 5.41) is 13.2. The molecule has 1 aliphatic heterocycles. The van der Waals surface area contributed by atoms with E-state index in [4.69, 9.17) is 9.47 Å². The van der Waals surface area contributed by atoms with Crippen LogP contribution >= 0.6 is 0 Å². The number of nitrogens with one attached hydrogen (secondary N) is 1. The molecule has 2 aromatic carbocycles. The predicted octanol–water partition coefficient (Wildman–Crippen LogP) is 4.24. The quantitative estimate of drug-likeness (QED) is 0.594. The van der Waals surface area contributed by atoms with Gasteiger partial charge in [0.2, 0.25) is 0 Å². The minimum Gasteiger partial charge on any atom is -0.489 e. The Morgan fingerprint density at radius 2 is 1.72 bits per heavy atom. The van der Waals surface area contributed by atoms with Crippen molar-refractivity contribution in [1.29, 1.82) is 0 Å². The molecule has 32 heavy (non-hydrogen) atoms. The Bertz CT molecular complexity index is 814. The van der Waals surface area contributed by atoms with Crippen LogP contribution in [-0.4, -0.2) is 41.7 Å². The maximum atomic E-state index is 9.79. The average Bonchev–Trinajstić information content (AvgIpc) is 3.07. The fourth-order valence-electron chi connectivity index (χ4n) is 3.35. The Balaban J connectivity index is 0.000000451. The smallest absolute Gasteiger partial charge is 0.293 e. The zero-order chi connectivity index (χ0) is 23.7. The van der Waals surface area contributed by atoms with E-state index in [2.05, 4.69) is 34.3 Å². The fraction of sp³-hybridized carbons (Fsp3) is 0.500. The first-order chi connectivity index (χ1) is 15.1. The molecule has 0 bridgehead atoms. The van der Waals surface area contributed by atoms with E-state index in [0.717, 1.165) is 24.2 Å². The molecular weight excluding hydrogens is 406 g/mol. The summed E-state index contributed by atoms with van der Waals surface area (Å²) in [4.78, 5) is 9.60. The van der Waals surface area contributed by atoms with Crippen molar-refractivity contribution in [2.75, 3.05) is 13.2 Å². The van der Waals surface area contributed by atoms with E-state index >= 15 is 0 Å². The first-order valence-corrected chi connectivity index (χ1v) is 11.0. The summed E-state index contributed by atoms with van der Waals surface area (Å²) < 4.78 is 16.1. The number of aliphatic hydroxyl groups is 1. The standard InChI is InChI=1S/C21H27NO3.C5H10O2/c1-20(2)22-21(15-23,16-25-20)13-12-17-8-10-19(11-9-17)24-14-18-6-4-3-5-7-18;1-5(2,3)7-4-6/h3-11,22-23H,12-16H2,1-2H3;4H,1-3H3. The number of carbonyl (C=O) groups excluding carboxylic acids is 1. The summed E-state index contributed by atoms with van der Waals surface area (Å²) in [6.45, 7) is 11.1. The summed E-state index contributed by atoms with van der Waals surface area (Å²) in [5.41, 5.74) is 1.34. The maximum absolute atomic E-state index is 9.79. The normalized spacial score (nSPS) is 19.6. The Morgan fingerprint density at radius 3 is 2.19 bits per heavy atom. The number of benzene rings is 2. The summed E-state index contributed by atoms with van der Waals surface area (Å²) in [7, 11) is 0. The van der Waals surface area contributed by atoms with E-state index in [1.165, 1.54) is 5.56 Å². The monoisotopic (exact) mass is 443 g/mol. The second kappa shape index (κ2) is 11.5. The van der Waals surface area contributed by atoms with Gasteiger partial charge in [-0.1, -0.05) is 42.5 Å². The van der Waals surface area contributed by atoms with Gasteiger partial charge in [0.05, 0.1) is 18.8 Å². The first kappa shape index (κ1) is 25.8. The van der Waals surface area contributed by atoms with Crippen LogP contribution in [0.1, 0.15) is 52.2 Å². The number of carbonyl (C=O) groups is 1. The van der Waals surface area contributed by atoms with Gasteiger partial charge in [0.1, 0.15) is 23.7 Å². The van der Waals surface area contributed by atoms with Gasteiger partial charge in [0, 0.05) is 0 Å². The van der Waals surface area contributed by atoms with Gasteiger partial charge in [0.15, 0.2) is 0 Å². The molecule has 0 saturated carbocycles. The number of hydrogen-bond donors (Lipinski definition) is 2. The van der Waals surface area contributed by atoms with E-state index < -0.39 is 0 Å². The third kappa shape index (κ3) is 8.99. The molecule has 2 N–H and O–H groups in total. The van der Waals surface area contributed by atoms with E-state index in [1.54, 1.807) is 0 Å². The molecule has 0 spiro atoms. The summed E-state index contributed by atoms with van der Waals surface area (Å²) in [5.74, 6) is 0.868. The minimum atomic E-state index is -0.377. The van der Waals surface area contributed by atoms with Crippen molar-refractivity contribution in [2.45, 2.75) is 70.9 Å². The number of hydrogen-bond acceptors (Lipinski definition) is 6. The van der Waals surface area contributed by atoms with Gasteiger partial charge in [-0.05, 0) is 70.7 Å². The van der Waals surface area contributed by atoms with Gasteiger partial charge < -0.3 is 19.3 Å². The number of aliphatic hydroxyl groups excluding tert-OH is 1. The zero-order valence-electron chi connectivity index (χ0n) is 19.9. The van der Waals surface area contributed by atoms with Crippen LogP contribution in [0, 0.1) is 0 Å². The summed E-state index contributed by atoms with van der Waals surface area (Å²) in [6, 6.07) is 18.3. The lowest BCUT2D eigenvalue weighted by Gasteiger charge is -2.28. The molecule has 1 saturated heterocycles. The number of rotatable bonds is 8. The maximum Gasteiger partial charge on any atom is 0.293 e. The average molecular weight is 444 g/mol. The number of ether oxygens (including phenoxy) is 3. The minimum absolute atomic E-state index is 0.0781. The van der Waals surface area contributed by atoms with Crippen molar-refractivity contribution >= 4 is 6.47 Å². The van der Waals surface area contributed by atoms with E-state index in [0.29, 0.717) is 19.7 Å². The third-order valence-corrected chi connectivity index (χ3v) is 5.04. The van der Waals surface area contributed by atoms with Crippen molar-refractivity contribution in [1.82, 2.24) is 5.32 Å². The predicted molar refractivity (Wildman–Crippen MR) is 125 cm³/mol. The van der Waals surface area contributed by atoms with Crippen LogP contribution in [0.2, 0.25) is 0 Å². The van der Waals surface area contributed by atoms with Gasteiger partial charge in [-0.25, -0.2) is 0 Å². The molecule has 0 aromatic heterocycles. The lowest BCUT2D eigenvalue weighted by molar-refractivity contribution is -0.138. The molecule has 0 aliphatic carbocycles. The highest BCUT2D eigenvalue weighted by Crippen LogP contribution is 2.27. The Labute approximate surface area is 191 Å². The molecule has 1 fully saturated rings. The van der Waals surface area contributed by atoms with Crippen molar-refractivity contribution < 1.29 is 24.1 Å². The SMILES string of the molecule is CC(C)(C)OC=O.CC1(C)NC(CO)(CCc2ccc(OCc3ccccc3)cc2)CO1. The molecule has 1 atom stereocenters. The van der Waals surface area contributed by atoms with Gasteiger partial charge in [-0.15, -0.1) is 0 Å². The van der Waals surface area contributed by atoms with Crippen LogP contribution < -0.4 is 10.1 Å². The molecule has 1 unspecified atom stereocenters. The third-order valence-electron chi connectivity index (χ3n) is 5.04. The van der Waals surface area contributed by atoms with Crippen LogP contribution in [0.5, 0.6) is 5.75 Å². The highest BCUT2D eigenvalue weighted by atomic mass is 16.5. The molecule has 6 nitrogen and oxygen atoms in total. The molecule has 3 rings (SSSR count). The summed E-state index contributed by atoms with van der Waals surface area (Å²) in [6.07, 6.45) is 1.71. The van der Waals surface area contributed by atoms with Crippen LogP contribution in [0.4, 0.5) is 0 Å². The lowest BCUT2D eigenvalue weighted by atomic mass is 9.93. The molecule has 1 heterocycles. The van der Waals surface area contributed by atoms with Gasteiger partial charge in [0.25, 0.3) is 6.47 Å². The Morgan fingerprint density at radius 1 is 1.06 bits per heavy atom. The molecule has 1 aliphatic rings. The van der Waals surface area contributed by atoms with Crippen molar-refractivity contribution in [3.8, 4) is 5.75 Å². The molecule has 0 radical (unpaired) electrons. The fourth-order valence-corrected chi connectivity index (χ4v) is 3.35. The molecular formula is C26H37NO5. The van der Waals surface area contributed by atoms with E-state index in [9.17, 15) is 9.90 Å². The van der Waals surface area contributed by atoms with E-state index in [-0.39, 0.29) is 23.5 Å². The van der Waals surface area contributed by atoms with Crippen LogP contribution in [-0.2, 0) is 27.3 Å². The van der Waals surface area contributed by atoms with E-state index in [1.807, 2.05) is 65.0 Å². The zero-order valence-corrected chi connectivity index (χ0v) is 19.9. The Hall–Kier alpha value is -2.41. The Kier molecular flexibility index (Phi) is 9.25.